The monoisotopic (exact) mass is 320 g/mol. The third-order valence-electron chi connectivity index (χ3n) is 4.54. The first-order valence-corrected chi connectivity index (χ1v) is 8.56. The molecule has 0 heterocycles. The SMILES string of the molecule is CCN(CC)CCOc1ccc(NC(=O)C2(O)CCCC2)cc1. The number of nitrogens with zero attached hydrogens (tertiary/aromatic N) is 1. The first-order valence-electron chi connectivity index (χ1n) is 8.56. The van der Waals surface area contributed by atoms with E-state index in [0.29, 0.717) is 25.1 Å². The minimum atomic E-state index is -1.20. The van der Waals surface area contributed by atoms with Crippen LogP contribution in [0.1, 0.15) is 39.5 Å². The third kappa shape index (κ3) is 4.94. The molecule has 1 amide bonds. The lowest BCUT2D eigenvalue weighted by molar-refractivity contribution is -0.133. The van der Waals surface area contributed by atoms with Crippen molar-refractivity contribution in [2.75, 3.05) is 31.6 Å². The van der Waals surface area contributed by atoms with Gasteiger partial charge in [-0.15, -0.1) is 0 Å². The van der Waals surface area contributed by atoms with Gasteiger partial charge in [-0.1, -0.05) is 13.8 Å². The van der Waals surface area contributed by atoms with Gasteiger partial charge in [0.2, 0.25) is 0 Å². The fourth-order valence-electron chi connectivity index (χ4n) is 2.90. The average molecular weight is 320 g/mol. The van der Waals surface area contributed by atoms with Crippen LogP contribution in [0.15, 0.2) is 24.3 Å². The smallest absolute Gasteiger partial charge is 0.256 e. The normalized spacial score (nSPS) is 16.5. The second kappa shape index (κ2) is 8.31. The molecule has 2 rings (SSSR count). The Bertz CT molecular complexity index is 491. The molecule has 0 saturated heterocycles. The molecule has 1 saturated carbocycles. The molecule has 0 radical (unpaired) electrons. The van der Waals surface area contributed by atoms with Gasteiger partial charge in [0, 0.05) is 12.2 Å². The fourth-order valence-corrected chi connectivity index (χ4v) is 2.90. The van der Waals surface area contributed by atoms with Gasteiger partial charge in [0.1, 0.15) is 18.0 Å². The van der Waals surface area contributed by atoms with Crippen molar-refractivity contribution in [2.24, 2.45) is 0 Å². The van der Waals surface area contributed by atoms with E-state index in [0.717, 1.165) is 38.2 Å². The van der Waals surface area contributed by atoms with Crippen molar-refractivity contribution in [1.82, 2.24) is 4.90 Å². The highest BCUT2D eigenvalue weighted by molar-refractivity contribution is 5.97. The van der Waals surface area contributed by atoms with Gasteiger partial charge in [-0.2, -0.15) is 0 Å². The molecule has 1 aromatic rings. The van der Waals surface area contributed by atoms with Gasteiger partial charge >= 0.3 is 0 Å². The number of aliphatic hydroxyl groups is 1. The number of rotatable bonds is 8. The van der Waals surface area contributed by atoms with E-state index >= 15 is 0 Å². The molecule has 1 aliphatic carbocycles. The van der Waals surface area contributed by atoms with E-state index in [1.165, 1.54) is 0 Å². The summed E-state index contributed by atoms with van der Waals surface area (Å²) >= 11 is 0. The highest BCUT2D eigenvalue weighted by atomic mass is 16.5. The van der Waals surface area contributed by atoms with Crippen molar-refractivity contribution in [3.63, 3.8) is 0 Å². The summed E-state index contributed by atoms with van der Waals surface area (Å²) in [5, 5.41) is 13.0. The van der Waals surface area contributed by atoms with E-state index in [-0.39, 0.29) is 5.91 Å². The van der Waals surface area contributed by atoms with Crippen molar-refractivity contribution < 1.29 is 14.6 Å². The standard InChI is InChI=1S/C18H28N2O3/c1-3-20(4-2)13-14-23-16-9-7-15(8-10-16)19-17(21)18(22)11-5-6-12-18/h7-10,22H,3-6,11-14H2,1-2H3,(H,19,21). The molecule has 5 nitrogen and oxygen atoms in total. The van der Waals surface area contributed by atoms with Gasteiger partial charge in [0.05, 0.1) is 0 Å². The largest absolute Gasteiger partial charge is 0.492 e. The third-order valence-corrected chi connectivity index (χ3v) is 4.54. The molecule has 128 valence electrons. The number of ether oxygens (including phenoxy) is 1. The van der Waals surface area contributed by atoms with Crippen molar-refractivity contribution >= 4 is 11.6 Å². The second-order valence-electron chi connectivity index (χ2n) is 6.09. The summed E-state index contributed by atoms with van der Waals surface area (Å²) in [4.78, 5) is 14.4. The predicted octanol–water partition coefficient (Wildman–Crippen LogP) is 2.65. The molecule has 23 heavy (non-hydrogen) atoms. The van der Waals surface area contributed by atoms with Crippen LogP contribution >= 0.6 is 0 Å². The summed E-state index contributed by atoms with van der Waals surface area (Å²) in [5.74, 6) is 0.486. The summed E-state index contributed by atoms with van der Waals surface area (Å²) in [5.41, 5.74) is -0.509. The van der Waals surface area contributed by atoms with E-state index in [1.807, 2.05) is 24.3 Å². The van der Waals surface area contributed by atoms with E-state index in [4.69, 9.17) is 4.74 Å². The van der Waals surface area contributed by atoms with Crippen molar-refractivity contribution in [3.8, 4) is 5.75 Å². The number of amides is 1. The zero-order chi connectivity index (χ0) is 16.7. The highest BCUT2D eigenvalue weighted by Gasteiger charge is 2.38. The molecule has 0 spiro atoms. The molecule has 5 heteroatoms. The van der Waals surface area contributed by atoms with Crippen molar-refractivity contribution in [3.05, 3.63) is 24.3 Å². The Morgan fingerprint density at radius 2 is 1.83 bits per heavy atom. The molecule has 0 aromatic heterocycles. The van der Waals surface area contributed by atoms with Gasteiger partial charge in [-0.05, 0) is 63.0 Å². The molecular formula is C18H28N2O3. The van der Waals surface area contributed by atoms with Crippen LogP contribution in [-0.4, -0.2) is 47.8 Å². The number of hydrogen-bond donors (Lipinski definition) is 2. The van der Waals surface area contributed by atoms with Crippen LogP contribution in [0, 0.1) is 0 Å². The molecule has 1 aliphatic rings. The lowest BCUT2D eigenvalue weighted by Gasteiger charge is -2.21. The number of nitrogens with one attached hydrogen (secondary N) is 1. The Kier molecular flexibility index (Phi) is 6.42. The number of carbonyl (C=O) groups is 1. The zero-order valence-corrected chi connectivity index (χ0v) is 14.2. The minimum absolute atomic E-state index is 0.301. The predicted molar refractivity (Wildman–Crippen MR) is 91.8 cm³/mol. The van der Waals surface area contributed by atoms with Gasteiger partial charge < -0.3 is 20.1 Å². The van der Waals surface area contributed by atoms with Gasteiger partial charge in [-0.25, -0.2) is 0 Å². The Balaban J connectivity index is 1.81. The molecule has 1 aromatic carbocycles. The van der Waals surface area contributed by atoms with Crippen LogP contribution in [0.5, 0.6) is 5.75 Å². The summed E-state index contributed by atoms with van der Waals surface area (Å²) in [7, 11) is 0. The fraction of sp³-hybridized carbons (Fsp3) is 0.611. The molecular weight excluding hydrogens is 292 g/mol. The van der Waals surface area contributed by atoms with Crippen LogP contribution in [0.2, 0.25) is 0 Å². The lowest BCUT2D eigenvalue weighted by Crippen LogP contribution is -2.40. The van der Waals surface area contributed by atoms with E-state index in [1.54, 1.807) is 0 Å². The summed E-state index contributed by atoms with van der Waals surface area (Å²) in [6.07, 6.45) is 2.91. The Hall–Kier alpha value is -1.59. The average Bonchev–Trinajstić information content (AvgIpc) is 3.01. The number of carbonyl (C=O) groups excluding carboxylic acids is 1. The first-order chi connectivity index (χ1) is 11.1. The summed E-state index contributed by atoms with van der Waals surface area (Å²) in [6.45, 7) is 7.87. The quantitative estimate of drug-likeness (QED) is 0.773. The Morgan fingerprint density at radius 3 is 2.39 bits per heavy atom. The Morgan fingerprint density at radius 1 is 1.22 bits per heavy atom. The minimum Gasteiger partial charge on any atom is -0.492 e. The van der Waals surface area contributed by atoms with Crippen molar-refractivity contribution in [1.29, 1.82) is 0 Å². The maximum atomic E-state index is 12.1. The molecule has 2 N–H and O–H groups in total. The number of hydrogen-bond acceptors (Lipinski definition) is 4. The second-order valence-corrected chi connectivity index (χ2v) is 6.09. The molecule has 0 unspecified atom stereocenters. The number of anilines is 1. The van der Waals surface area contributed by atoms with Gasteiger partial charge in [0.15, 0.2) is 0 Å². The van der Waals surface area contributed by atoms with E-state index < -0.39 is 5.60 Å². The van der Waals surface area contributed by atoms with Crippen molar-refractivity contribution in [2.45, 2.75) is 45.1 Å². The molecule has 1 fully saturated rings. The summed E-state index contributed by atoms with van der Waals surface area (Å²) < 4.78 is 5.72. The van der Waals surface area contributed by atoms with E-state index in [9.17, 15) is 9.90 Å². The number of likely N-dealkylation sites (N-methyl/N-ethyl adjacent to an activating group) is 1. The number of benzene rings is 1. The van der Waals surface area contributed by atoms with Gasteiger partial charge in [0.25, 0.3) is 5.91 Å². The first kappa shape index (κ1) is 17.8. The molecule has 0 atom stereocenters. The highest BCUT2D eigenvalue weighted by Crippen LogP contribution is 2.30. The summed E-state index contributed by atoms with van der Waals surface area (Å²) in [6, 6.07) is 7.30. The maximum Gasteiger partial charge on any atom is 0.256 e. The topological polar surface area (TPSA) is 61.8 Å². The van der Waals surface area contributed by atoms with Crippen LogP contribution in [-0.2, 0) is 4.79 Å². The molecule has 0 aliphatic heterocycles. The van der Waals surface area contributed by atoms with Crippen LogP contribution < -0.4 is 10.1 Å². The maximum absolute atomic E-state index is 12.1. The Labute approximate surface area is 138 Å². The van der Waals surface area contributed by atoms with Crippen LogP contribution in [0.4, 0.5) is 5.69 Å². The molecule has 0 bridgehead atoms. The zero-order valence-electron chi connectivity index (χ0n) is 14.2. The van der Waals surface area contributed by atoms with Gasteiger partial charge in [-0.3, -0.25) is 4.79 Å². The van der Waals surface area contributed by atoms with E-state index in [2.05, 4.69) is 24.1 Å². The lowest BCUT2D eigenvalue weighted by atomic mass is 10.0. The van der Waals surface area contributed by atoms with Crippen LogP contribution in [0.25, 0.3) is 0 Å². The van der Waals surface area contributed by atoms with Crippen LogP contribution in [0.3, 0.4) is 0 Å².